The number of nitrogens with zero attached hydrogens (tertiary/aromatic N) is 4. The Kier molecular flexibility index (Phi) is 6.28. The second kappa shape index (κ2) is 10.9. The molecule has 5 heteroatoms. The molecule has 0 fully saturated rings. The van der Waals surface area contributed by atoms with Crippen molar-refractivity contribution >= 4 is 43.2 Å². The average Bonchev–Trinajstić information content (AvgIpc) is 3.73. The molecule has 3 aromatic heterocycles. The molecule has 9 aromatic rings. The summed E-state index contributed by atoms with van der Waals surface area (Å²) in [5.41, 5.74) is 7.60. The van der Waals surface area contributed by atoms with Crippen LogP contribution < -0.4 is 0 Å². The minimum atomic E-state index is 0.647. The smallest absolute Gasteiger partial charge is 0.164 e. The fourth-order valence-electron chi connectivity index (χ4n) is 6.28. The van der Waals surface area contributed by atoms with E-state index in [0.29, 0.717) is 17.5 Å². The first-order valence-corrected chi connectivity index (χ1v) is 16.1. The average molecular weight is 607 g/mol. The zero-order chi connectivity index (χ0) is 30.5. The largest absolute Gasteiger partial charge is 0.309 e. The van der Waals surface area contributed by atoms with Gasteiger partial charge in [0.2, 0.25) is 0 Å². The lowest BCUT2D eigenvalue weighted by Gasteiger charge is -2.11. The van der Waals surface area contributed by atoms with Crippen molar-refractivity contribution in [1.29, 1.82) is 0 Å². The number of hydrogen-bond acceptors (Lipinski definition) is 4. The number of fused-ring (bicyclic) bond motifs is 5. The zero-order valence-corrected chi connectivity index (χ0v) is 25.5. The van der Waals surface area contributed by atoms with Crippen molar-refractivity contribution in [2.45, 2.75) is 0 Å². The molecule has 0 spiro atoms. The van der Waals surface area contributed by atoms with Gasteiger partial charge in [0.1, 0.15) is 0 Å². The molecule has 0 amide bonds. The van der Waals surface area contributed by atoms with E-state index in [0.717, 1.165) is 22.4 Å². The van der Waals surface area contributed by atoms with Gasteiger partial charge in [-0.2, -0.15) is 0 Å². The topological polar surface area (TPSA) is 43.6 Å². The Morgan fingerprint density at radius 2 is 0.935 bits per heavy atom. The van der Waals surface area contributed by atoms with Crippen LogP contribution in [-0.2, 0) is 0 Å². The molecule has 3 heterocycles. The third kappa shape index (κ3) is 4.48. The Bertz CT molecular complexity index is 2440. The van der Waals surface area contributed by atoms with Crippen LogP contribution in [0, 0.1) is 0 Å². The van der Waals surface area contributed by atoms with Gasteiger partial charge in [-0.25, -0.2) is 15.0 Å². The monoisotopic (exact) mass is 606 g/mol. The van der Waals surface area contributed by atoms with Crippen LogP contribution in [-0.4, -0.2) is 19.5 Å². The number of para-hydroxylation sites is 1. The molecule has 0 unspecified atom stereocenters. The van der Waals surface area contributed by atoms with Crippen LogP contribution in [0.5, 0.6) is 0 Å². The number of hydrogen-bond donors (Lipinski definition) is 0. The minimum absolute atomic E-state index is 0.647. The molecular formula is C41H26N4S. The SMILES string of the molecule is c1ccc(-c2nc(-c3ccccc3)nc(-c3ccc(-n4c5ccccc5c5ccc6sc(-c7ccccc7)cc6c54)cc3)n2)cc1. The molecule has 0 radical (unpaired) electrons. The van der Waals surface area contributed by atoms with Gasteiger partial charge in [-0.1, -0.05) is 115 Å². The highest BCUT2D eigenvalue weighted by Gasteiger charge is 2.18. The normalized spacial score (nSPS) is 11.5. The van der Waals surface area contributed by atoms with E-state index in [1.54, 1.807) is 0 Å². The van der Waals surface area contributed by atoms with Crippen molar-refractivity contribution in [3.63, 3.8) is 0 Å². The van der Waals surface area contributed by atoms with Gasteiger partial charge in [-0.05, 0) is 48.0 Å². The van der Waals surface area contributed by atoms with Gasteiger partial charge in [-0.15, -0.1) is 11.3 Å². The summed E-state index contributed by atoms with van der Waals surface area (Å²) in [5, 5.41) is 3.76. The molecule has 0 bridgehead atoms. The van der Waals surface area contributed by atoms with Crippen LogP contribution in [0.25, 0.3) is 82.2 Å². The summed E-state index contributed by atoms with van der Waals surface area (Å²) in [5.74, 6) is 1.96. The molecule has 9 rings (SSSR count). The highest BCUT2D eigenvalue weighted by atomic mass is 32.1. The zero-order valence-electron chi connectivity index (χ0n) is 24.7. The first-order chi connectivity index (χ1) is 22.8. The highest BCUT2D eigenvalue weighted by molar-refractivity contribution is 7.22. The fraction of sp³-hybridized carbons (Fsp3) is 0. The molecule has 0 aliphatic heterocycles. The van der Waals surface area contributed by atoms with Gasteiger partial charge in [-0.3, -0.25) is 0 Å². The van der Waals surface area contributed by atoms with Gasteiger partial charge in [0.05, 0.1) is 11.0 Å². The molecular weight excluding hydrogens is 581 g/mol. The first kappa shape index (κ1) is 26.5. The van der Waals surface area contributed by atoms with E-state index in [1.807, 2.05) is 72.0 Å². The first-order valence-electron chi connectivity index (χ1n) is 15.3. The summed E-state index contributed by atoms with van der Waals surface area (Å²) in [6.07, 6.45) is 0. The summed E-state index contributed by atoms with van der Waals surface area (Å²) in [4.78, 5) is 16.0. The summed E-state index contributed by atoms with van der Waals surface area (Å²) >= 11 is 1.84. The van der Waals surface area contributed by atoms with E-state index < -0.39 is 0 Å². The predicted octanol–water partition coefficient (Wildman–Crippen LogP) is 10.9. The molecule has 0 N–H and O–H groups in total. The lowest BCUT2D eigenvalue weighted by molar-refractivity contribution is 1.07. The van der Waals surface area contributed by atoms with Crippen molar-refractivity contribution in [3.8, 4) is 50.3 Å². The number of thiophene rings is 1. The quantitative estimate of drug-likeness (QED) is 0.196. The van der Waals surface area contributed by atoms with Crippen molar-refractivity contribution in [1.82, 2.24) is 19.5 Å². The Balaban J connectivity index is 1.21. The van der Waals surface area contributed by atoms with Gasteiger partial charge in [0, 0.05) is 48.1 Å². The van der Waals surface area contributed by atoms with Crippen LogP contribution in [0.15, 0.2) is 158 Å². The van der Waals surface area contributed by atoms with Gasteiger partial charge in [0.25, 0.3) is 0 Å². The van der Waals surface area contributed by atoms with E-state index in [-0.39, 0.29) is 0 Å². The second-order valence-corrected chi connectivity index (χ2v) is 12.4. The van der Waals surface area contributed by atoms with E-state index in [1.165, 1.54) is 42.3 Å². The summed E-state index contributed by atoms with van der Waals surface area (Å²) in [6, 6.07) is 55.0. The number of aromatic nitrogens is 4. The van der Waals surface area contributed by atoms with Gasteiger partial charge < -0.3 is 4.57 Å². The van der Waals surface area contributed by atoms with E-state index >= 15 is 0 Å². The molecule has 0 aliphatic carbocycles. The van der Waals surface area contributed by atoms with Crippen LogP contribution in [0.4, 0.5) is 0 Å². The van der Waals surface area contributed by atoms with Crippen molar-refractivity contribution in [3.05, 3.63) is 158 Å². The molecule has 0 atom stereocenters. The maximum Gasteiger partial charge on any atom is 0.164 e. The molecule has 6 aromatic carbocycles. The Labute approximate surface area is 269 Å². The third-order valence-electron chi connectivity index (χ3n) is 8.47. The maximum atomic E-state index is 4.94. The highest BCUT2D eigenvalue weighted by Crippen LogP contribution is 2.42. The summed E-state index contributed by atoms with van der Waals surface area (Å²) < 4.78 is 3.68. The number of rotatable bonds is 5. The second-order valence-electron chi connectivity index (χ2n) is 11.3. The van der Waals surface area contributed by atoms with Crippen LogP contribution >= 0.6 is 11.3 Å². The van der Waals surface area contributed by atoms with E-state index in [2.05, 4.69) is 102 Å². The van der Waals surface area contributed by atoms with E-state index in [4.69, 9.17) is 15.0 Å². The molecule has 0 aliphatic rings. The molecule has 216 valence electrons. The van der Waals surface area contributed by atoms with Crippen molar-refractivity contribution < 1.29 is 0 Å². The van der Waals surface area contributed by atoms with Crippen LogP contribution in [0.2, 0.25) is 0 Å². The molecule has 4 nitrogen and oxygen atoms in total. The minimum Gasteiger partial charge on any atom is -0.309 e. The predicted molar refractivity (Wildman–Crippen MR) is 191 cm³/mol. The van der Waals surface area contributed by atoms with Crippen molar-refractivity contribution in [2.75, 3.05) is 0 Å². The van der Waals surface area contributed by atoms with Crippen LogP contribution in [0.3, 0.4) is 0 Å². The van der Waals surface area contributed by atoms with Crippen LogP contribution in [0.1, 0.15) is 0 Å². The lowest BCUT2D eigenvalue weighted by Crippen LogP contribution is -2.00. The Hall–Kier alpha value is -5.91. The van der Waals surface area contributed by atoms with Gasteiger partial charge in [0.15, 0.2) is 17.5 Å². The number of benzene rings is 6. The molecule has 0 saturated heterocycles. The maximum absolute atomic E-state index is 4.94. The van der Waals surface area contributed by atoms with Crippen molar-refractivity contribution in [2.24, 2.45) is 0 Å². The third-order valence-corrected chi connectivity index (χ3v) is 9.62. The van der Waals surface area contributed by atoms with Gasteiger partial charge >= 0.3 is 0 Å². The standard InChI is InChI=1S/C41H26N4S/c1-4-12-27(13-5-1)37-26-34-36(46-37)25-24-33-32-18-10-11-19-35(32)45(38(33)34)31-22-20-30(21-23-31)41-43-39(28-14-6-2-7-15-28)42-40(44-41)29-16-8-3-9-17-29/h1-26H. The lowest BCUT2D eigenvalue weighted by atomic mass is 10.1. The summed E-state index contributed by atoms with van der Waals surface area (Å²) in [7, 11) is 0. The van der Waals surface area contributed by atoms with E-state index in [9.17, 15) is 0 Å². The molecule has 46 heavy (non-hydrogen) atoms. The Morgan fingerprint density at radius 1 is 0.413 bits per heavy atom. The fourth-order valence-corrected chi connectivity index (χ4v) is 7.35. The Morgan fingerprint density at radius 3 is 1.54 bits per heavy atom. The summed E-state index contributed by atoms with van der Waals surface area (Å²) in [6.45, 7) is 0. The molecule has 0 saturated carbocycles.